The van der Waals surface area contributed by atoms with Gasteiger partial charge in [-0.05, 0) is 32.0 Å². The van der Waals surface area contributed by atoms with Crippen molar-refractivity contribution >= 4 is 27.5 Å². The lowest BCUT2D eigenvalue weighted by Crippen LogP contribution is -2.61. The van der Waals surface area contributed by atoms with Crippen LogP contribution in [0.1, 0.15) is 24.3 Å². The summed E-state index contributed by atoms with van der Waals surface area (Å²) in [6, 6.07) is 3.16. The van der Waals surface area contributed by atoms with Gasteiger partial charge in [-0.2, -0.15) is 19.7 Å². The third-order valence-corrected chi connectivity index (χ3v) is 6.80. The monoisotopic (exact) mass is 401 g/mol. The van der Waals surface area contributed by atoms with Crippen molar-refractivity contribution < 1.29 is 17.6 Å². The molecule has 3 rings (SSSR count). The van der Waals surface area contributed by atoms with Crippen molar-refractivity contribution in [2.45, 2.75) is 24.3 Å². The Bertz CT molecular complexity index is 933. The van der Waals surface area contributed by atoms with Gasteiger partial charge in [0.2, 0.25) is 10.0 Å². The van der Waals surface area contributed by atoms with Gasteiger partial charge in [-0.3, -0.25) is 4.79 Å². The maximum atomic E-state index is 13.3. The van der Waals surface area contributed by atoms with E-state index in [1.807, 2.05) is 0 Å². The molecule has 1 fully saturated rings. The second-order valence-electron chi connectivity index (χ2n) is 6.55. The lowest BCUT2D eigenvalue weighted by Gasteiger charge is -2.45. The highest BCUT2D eigenvalue weighted by Gasteiger charge is 2.43. The fraction of sp³-hybridized carbons (Fsp3) is 0.400. The predicted octanol–water partition coefficient (Wildman–Crippen LogP) is 1.52. The van der Waals surface area contributed by atoms with E-state index in [0.717, 1.165) is 18.2 Å². The Morgan fingerprint density at radius 2 is 2.08 bits per heavy atom. The first-order valence-electron chi connectivity index (χ1n) is 7.76. The Kier molecular flexibility index (Phi) is 4.76. The molecular weight excluding hydrogens is 385 g/mol. The fourth-order valence-corrected chi connectivity index (χ4v) is 5.30. The third-order valence-electron chi connectivity index (χ3n) is 4.21. The summed E-state index contributed by atoms with van der Waals surface area (Å²) < 4.78 is 40.6. The lowest BCUT2D eigenvalue weighted by atomic mass is 10.0. The van der Waals surface area contributed by atoms with Crippen molar-refractivity contribution in [3.8, 4) is 0 Å². The SMILES string of the molecule is CC1(C)CN(C(=O)c2cn[nH]n2)CCN1S(=O)(=O)c1ccc(F)cc1Cl. The van der Waals surface area contributed by atoms with E-state index in [9.17, 15) is 17.6 Å². The zero-order valence-electron chi connectivity index (χ0n) is 14.1. The number of piperazine rings is 1. The number of halogens is 2. The molecule has 2 heterocycles. The topological polar surface area (TPSA) is 99.3 Å². The van der Waals surface area contributed by atoms with Crippen LogP contribution in [0.2, 0.25) is 5.02 Å². The molecule has 1 aromatic heterocycles. The molecule has 11 heteroatoms. The van der Waals surface area contributed by atoms with Crippen LogP contribution >= 0.6 is 11.6 Å². The minimum atomic E-state index is -3.96. The number of rotatable bonds is 3. The molecule has 1 N–H and O–H groups in total. The molecule has 8 nitrogen and oxygen atoms in total. The molecule has 0 saturated carbocycles. The first kappa shape index (κ1) is 18.7. The predicted molar refractivity (Wildman–Crippen MR) is 91.7 cm³/mol. The van der Waals surface area contributed by atoms with E-state index in [1.165, 1.54) is 15.4 Å². The number of hydrogen-bond donors (Lipinski definition) is 1. The van der Waals surface area contributed by atoms with Gasteiger partial charge in [0, 0.05) is 25.2 Å². The third kappa shape index (κ3) is 3.31. The van der Waals surface area contributed by atoms with Crippen molar-refractivity contribution in [2.24, 2.45) is 0 Å². The Labute approximate surface area is 155 Å². The van der Waals surface area contributed by atoms with Gasteiger partial charge < -0.3 is 4.90 Å². The van der Waals surface area contributed by atoms with Crippen LogP contribution in [-0.4, -0.2) is 64.1 Å². The lowest BCUT2D eigenvalue weighted by molar-refractivity contribution is 0.0489. The molecule has 26 heavy (non-hydrogen) atoms. The first-order chi connectivity index (χ1) is 12.1. The van der Waals surface area contributed by atoms with Crippen LogP contribution in [-0.2, 0) is 10.0 Å². The summed E-state index contributed by atoms with van der Waals surface area (Å²) in [6.07, 6.45) is 1.32. The molecule has 0 aliphatic carbocycles. The van der Waals surface area contributed by atoms with Gasteiger partial charge in [0.05, 0.1) is 11.2 Å². The average Bonchev–Trinajstić information content (AvgIpc) is 3.06. The number of hydrogen-bond acceptors (Lipinski definition) is 5. The largest absolute Gasteiger partial charge is 0.334 e. The second-order valence-corrected chi connectivity index (χ2v) is 8.78. The highest BCUT2D eigenvalue weighted by Crippen LogP contribution is 2.32. The molecule has 1 saturated heterocycles. The fourth-order valence-electron chi connectivity index (χ4n) is 3.03. The Morgan fingerprint density at radius 3 is 2.65 bits per heavy atom. The van der Waals surface area contributed by atoms with Gasteiger partial charge in [0.25, 0.3) is 5.91 Å². The van der Waals surface area contributed by atoms with Crippen molar-refractivity contribution in [1.82, 2.24) is 24.6 Å². The number of benzene rings is 1. The summed E-state index contributed by atoms with van der Waals surface area (Å²) in [7, 11) is -3.96. The Balaban J connectivity index is 1.87. The zero-order chi connectivity index (χ0) is 19.1. The van der Waals surface area contributed by atoms with Gasteiger partial charge >= 0.3 is 0 Å². The summed E-state index contributed by atoms with van der Waals surface area (Å²) in [5.74, 6) is -0.945. The minimum absolute atomic E-state index is 0.0760. The van der Waals surface area contributed by atoms with Crippen molar-refractivity contribution in [2.75, 3.05) is 19.6 Å². The molecule has 0 unspecified atom stereocenters. The molecule has 2 aromatic rings. The maximum absolute atomic E-state index is 13.3. The number of carbonyl (C=O) groups excluding carboxylic acids is 1. The molecule has 140 valence electrons. The molecule has 0 spiro atoms. The van der Waals surface area contributed by atoms with E-state index in [4.69, 9.17) is 11.6 Å². The number of nitrogens with zero attached hydrogens (tertiary/aromatic N) is 4. The van der Waals surface area contributed by atoms with Crippen LogP contribution in [0.15, 0.2) is 29.3 Å². The van der Waals surface area contributed by atoms with Crippen molar-refractivity contribution in [3.05, 3.63) is 40.9 Å². The number of nitrogens with one attached hydrogen (secondary N) is 1. The van der Waals surface area contributed by atoms with E-state index in [1.54, 1.807) is 13.8 Å². The van der Waals surface area contributed by atoms with Crippen molar-refractivity contribution in [3.63, 3.8) is 0 Å². The maximum Gasteiger partial charge on any atom is 0.276 e. The standard InChI is InChI=1S/C15H17ClFN5O3S/c1-15(2)9-21(14(23)12-8-18-20-19-12)5-6-22(15)26(24,25)13-4-3-10(17)7-11(13)16/h3-4,7-8H,5-6,9H2,1-2H3,(H,18,19,20). The molecule has 1 amide bonds. The van der Waals surface area contributed by atoms with Crippen LogP contribution in [0.5, 0.6) is 0 Å². The quantitative estimate of drug-likeness (QED) is 0.840. The number of aromatic amines is 1. The van der Waals surface area contributed by atoms with E-state index in [-0.39, 0.29) is 41.2 Å². The van der Waals surface area contributed by atoms with Crippen LogP contribution in [0.4, 0.5) is 4.39 Å². The minimum Gasteiger partial charge on any atom is -0.334 e. The number of H-pyrrole nitrogens is 1. The van der Waals surface area contributed by atoms with Gasteiger partial charge in [-0.1, -0.05) is 11.6 Å². The molecule has 0 atom stereocenters. The average molecular weight is 402 g/mol. The van der Waals surface area contributed by atoms with Gasteiger partial charge in [0.1, 0.15) is 10.7 Å². The highest BCUT2D eigenvalue weighted by atomic mass is 35.5. The summed E-state index contributed by atoms with van der Waals surface area (Å²) in [5.41, 5.74) is -0.729. The van der Waals surface area contributed by atoms with Gasteiger partial charge in [-0.15, -0.1) is 0 Å². The first-order valence-corrected chi connectivity index (χ1v) is 9.58. The van der Waals surface area contributed by atoms with Crippen LogP contribution in [0, 0.1) is 5.82 Å². The number of sulfonamides is 1. The van der Waals surface area contributed by atoms with Crippen LogP contribution < -0.4 is 0 Å². The molecule has 1 aromatic carbocycles. The smallest absolute Gasteiger partial charge is 0.276 e. The van der Waals surface area contributed by atoms with Gasteiger partial charge in [-0.25, -0.2) is 12.8 Å². The molecule has 1 aliphatic rings. The molecule has 0 bridgehead atoms. The summed E-state index contributed by atoms with van der Waals surface area (Å²) in [4.78, 5) is 13.8. The number of carbonyl (C=O) groups is 1. The van der Waals surface area contributed by atoms with Gasteiger partial charge in [0.15, 0.2) is 5.69 Å². The second kappa shape index (κ2) is 6.60. The molecule has 1 aliphatic heterocycles. The van der Waals surface area contributed by atoms with E-state index in [2.05, 4.69) is 15.4 Å². The summed E-state index contributed by atoms with van der Waals surface area (Å²) in [6.45, 7) is 3.85. The highest BCUT2D eigenvalue weighted by molar-refractivity contribution is 7.89. The number of amides is 1. The van der Waals surface area contributed by atoms with E-state index in [0.29, 0.717) is 0 Å². The molecular formula is C15H17ClFN5O3S. The number of aromatic nitrogens is 3. The normalized spacial score (nSPS) is 18.1. The summed E-state index contributed by atoms with van der Waals surface area (Å²) >= 11 is 5.94. The Morgan fingerprint density at radius 1 is 1.35 bits per heavy atom. The Hall–Kier alpha value is -2.04. The molecule has 0 radical (unpaired) electrons. The van der Waals surface area contributed by atoms with Crippen LogP contribution in [0.25, 0.3) is 0 Å². The zero-order valence-corrected chi connectivity index (χ0v) is 15.7. The van der Waals surface area contributed by atoms with E-state index >= 15 is 0 Å². The van der Waals surface area contributed by atoms with Crippen LogP contribution in [0.3, 0.4) is 0 Å². The summed E-state index contributed by atoms with van der Waals surface area (Å²) in [5, 5.41) is 9.57. The van der Waals surface area contributed by atoms with Crippen molar-refractivity contribution in [1.29, 1.82) is 0 Å². The van der Waals surface area contributed by atoms with E-state index < -0.39 is 21.4 Å².